The minimum atomic E-state index is -0.893. The quantitative estimate of drug-likeness (QED) is 0.672. The van der Waals surface area contributed by atoms with Gasteiger partial charge in [-0.1, -0.05) is 27.2 Å². The topological polar surface area (TPSA) is 113 Å². The maximum atomic E-state index is 12.5. The number of carbonyl (C=O) groups is 3. The smallest absolute Gasteiger partial charge is 0.312 e. The number of aliphatic carboxylic acids is 1. The van der Waals surface area contributed by atoms with Crippen LogP contribution >= 0.6 is 0 Å². The molecule has 4 unspecified atom stereocenters. The lowest BCUT2D eigenvalue weighted by Crippen LogP contribution is -2.52. The number of hydrogen-bond donors (Lipinski definition) is 3. The predicted octanol–water partition coefficient (Wildman–Crippen LogP) is 0.249. The van der Waals surface area contributed by atoms with Crippen LogP contribution in [0, 0.1) is 17.8 Å². The van der Waals surface area contributed by atoms with Crippen molar-refractivity contribution in [3.8, 4) is 0 Å². The zero-order valence-corrected chi connectivity index (χ0v) is 12.1. The molecule has 0 spiro atoms. The lowest BCUT2D eigenvalue weighted by molar-refractivity contribution is -0.142. The van der Waals surface area contributed by atoms with Crippen LogP contribution in [0.15, 0.2) is 0 Å². The van der Waals surface area contributed by atoms with E-state index in [-0.39, 0.29) is 24.3 Å². The Hall–Kier alpha value is -1.79. The maximum absolute atomic E-state index is 12.5. The second kappa shape index (κ2) is 6.58. The largest absolute Gasteiger partial charge is 0.481 e. The fourth-order valence-corrected chi connectivity index (χ4v) is 2.50. The number of likely N-dealkylation sites (tertiary alicyclic amines) is 1. The molecule has 1 heterocycles. The molecule has 1 aliphatic heterocycles. The fourth-order valence-electron chi connectivity index (χ4n) is 2.50. The molecule has 1 fully saturated rings. The van der Waals surface area contributed by atoms with Gasteiger partial charge in [0, 0.05) is 13.1 Å². The van der Waals surface area contributed by atoms with E-state index in [9.17, 15) is 14.4 Å². The Balaban J connectivity index is 2.80. The molecule has 0 aromatic heterocycles. The van der Waals surface area contributed by atoms with Crippen LogP contribution in [0.25, 0.3) is 0 Å². The van der Waals surface area contributed by atoms with Gasteiger partial charge in [0.1, 0.15) is 6.04 Å². The number of amides is 3. The number of nitrogens with zero attached hydrogens (tertiary/aromatic N) is 1. The minimum absolute atomic E-state index is 0.0609. The molecule has 4 N–H and O–H groups in total. The lowest BCUT2D eigenvalue weighted by Gasteiger charge is -2.27. The van der Waals surface area contributed by atoms with Gasteiger partial charge in [0.2, 0.25) is 5.91 Å². The third-order valence-corrected chi connectivity index (χ3v) is 4.02. The number of carbonyl (C=O) groups excluding carboxylic acids is 2. The second-order valence-corrected chi connectivity index (χ2v) is 5.54. The van der Waals surface area contributed by atoms with Gasteiger partial charge in [-0.2, -0.15) is 0 Å². The molecule has 114 valence electrons. The molecule has 7 heteroatoms. The SMILES string of the molecule is CCC(C)C(NC(N)=O)C(=O)N1CC(C)C(C(=O)O)C1. The van der Waals surface area contributed by atoms with Crippen LogP contribution in [-0.4, -0.2) is 47.0 Å². The standard InChI is InChI=1S/C13H23N3O4/c1-4-7(2)10(15-13(14)20)11(17)16-5-8(3)9(6-16)12(18)19/h7-10H,4-6H2,1-3H3,(H,18,19)(H3,14,15,20). The Kier molecular flexibility index (Phi) is 5.35. The van der Waals surface area contributed by atoms with E-state index in [0.717, 1.165) is 0 Å². The Morgan fingerprint density at radius 3 is 2.40 bits per heavy atom. The Labute approximate surface area is 118 Å². The summed E-state index contributed by atoms with van der Waals surface area (Å²) in [6, 6.07) is -1.44. The highest BCUT2D eigenvalue weighted by molar-refractivity contribution is 5.87. The summed E-state index contributed by atoms with van der Waals surface area (Å²) in [6.45, 7) is 6.16. The Bertz CT molecular complexity index is 399. The predicted molar refractivity (Wildman–Crippen MR) is 72.8 cm³/mol. The van der Waals surface area contributed by atoms with Gasteiger partial charge in [0.05, 0.1) is 5.92 Å². The summed E-state index contributed by atoms with van der Waals surface area (Å²) in [5.41, 5.74) is 5.11. The Morgan fingerprint density at radius 2 is 2.00 bits per heavy atom. The summed E-state index contributed by atoms with van der Waals surface area (Å²) in [5.74, 6) is -1.86. The molecule has 1 saturated heterocycles. The van der Waals surface area contributed by atoms with E-state index in [1.165, 1.54) is 4.90 Å². The molecule has 20 heavy (non-hydrogen) atoms. The van der Waals surface area contributed by atoms with Crippen LogP contribution in [0.5, 0.6) is 0 Å². The van der Waals surface area contributed by atoms with E-state index in [2.05, 4.69) is 5.32 Å². The van der Waals surface area contributed by atoms with Crippen LogP contribution in [0.1, 0.15) is 27.2 Å². The number of nitrogens with one attached hydrogen (secondary N) is 1. The van der Waals surface area contributed by atoms with Crippen molar-refractivity contribution in [1.29, 1.82) is 0 Å². The normalized spacial score (nSPS) is 25.1. The molecule has 0 saturated carbocycles. The van der Waals surface area contributed by atoms with Gasteiger partial charge in [-0.15, -0.1) is 0 Å². The molecule has 7 nitrogen and oxygen atoms in total. The molecule has 1 rings (SSSR count). The zero-order chi connectivity index (χ0) is 15.4. The molecular formula is C13H23N3O4. The average molecular weight is 285 g/mol. The van der Waals surface area contributed by atoms with Crippen molar-refractivity contribution >= 4 is 17.9 Å². The van der Waals surface area contributed by atoms with Gasteiger partial charge in [-0.3, -0.25) is 9.59 Å². The van der Waals surface area contributed by atoms with E-state index in [1.807, 2.05) is 20.8 Å². The number of nitrogens with two attached hydrogens (primary N) is 1. The van der Waals surface area contributed by atoms with Gasteiger partial charge in [0.15, 0.2) is 0 Å². The summed E-state index contributed by atoms with van der Waals surface area (Å²) in [5, 5.41) is 11.6. The number of urea groups is 1. The van der Waals surface area contributed by atoms with Gasteiger partial charge in [0.25, 0.3) is 0 Å². The number of hydrogen-bond acceptors (Lipinski definition) is 3. The van der Waals surface area contributed by atoms with Crippen LogP contribution in [0.2, 0.25) is 0 Å². The first-order valence-electron chi connectivity index (χ1n) is 6.85. The number of carboxylic acids is 1. The highest BCUT2D eigenvalue weighted by Crippen LogP contribution is 2.25. The average Bonchev–Trinajstić information content (AvgIpc) is 2.76. The molecule has 1 aliphatic rings. The van der Waals surface area contributed by atoms with E-state index >= 15 is 0 Å². The molecule has 0 radical (unpaired) electrons. The van der Waals surface area contributed by atoms with Crippen molar-refractivity contribution < 1.29 is 19.5 Å². The Morgan fingerprint density at radius 1 is 1.40 bits per heavy atom. The van der Waals surface area contributed by atoms with E-state index in [4.69, 9.17) is 10.8 Å². The summed E-state index contributed by atoms with van der Waals surface area (Å²) < 4.78 is 0. The van der Waals surface area contributed by atoms with Crippen molar-refractivity contribution in [2.24, 2.45) is 23.5 Å². The second-order valence-electron chi connectivity index (χ2n) is 5.54. The molecule has 0 aromatic carbocycles. The minimum Gasteiger partial charge on any atom is -0.481 e. The van der Waals surface area contributed by atoms with Crippen LogP contribution in [0.4, 0.5) is 4.79 Å². The van der Waals surface area contributed by atoms with Gasteiger partial charge in [-0.25, -0.2) is 4.79 Å². The molecular weight excluding hydrogens is 262 g/mol. The third-order valence-electron chi connectivity index (χ3n) is 4.02. The number of rotatable bonds is 5. The monoisotopic (exact) mass is 285 g/mol. The molecule has 0 aromatic rings. The summed E-state index contributed by atoms with van der Waals surface area (Å²) >= 11 is 0. The van der Waals surface area contributed by atoms with E-state index in [0.29, 0.717) is 13.0 Å². The van der Waals surface area contributed by atoms with Crippen LogP contribution < -0.4 is 11.1 Å². The molecule has 3 amide bonds. The first-order valence-corrected chi connectivity index (χ1v) is 6.85. The van der Waals surface area contributed by atoms with Crippen molar-refractivity contribution in [3.63, 3.8) is 0 Å². The molecule has 4 atom stereocenters. The molecule has 0 aliphatic carbocycles. The van der Waals surface area contributed by atoms with Gasteiger partial charge in [-0.05, 0) is 11.8 Å². The zero-order valence-electron chi connectivity index (χ0n) is 12.1. The first kappa shape index (κ1) is 16.3. The highest BCUT2D eigenvalue weighted by Gasteiger charge is 2.40. The number of primary amides is 1. The van der Waals surface area contributed by atoms with E-state index < -0.39 is 24.0 Å². The van der Waals surface area contributed by atoms with Crippen molar-refractivity contribution in [1.82, 2.24) is 10.2 Å². The van der Waals surface area contributed by atoms with Crippen molar-refractivity contribution in [2.45, 2.75) is 33.2 Å². The van der Waals surface area contributed by atoms with Crippen molar-refractivity contribution in [3.05, 3.63) is 0 Å². The third kappa shape index (κ3) is 3.61. The first-order chi connectivity index (χ1) is 9.27. The van der Waals surface area contributed by atoms with Gasteiger partial charge < -0.3 is 21.1 Å². The summed E-state index contributed by atoms with van der Waals surface area (Å²) in [6.07, 6.45) is 0.711. The van der Waals surface area contributed by atoms with Gasteiger partial charge >= 0.3 is 12.0 Å². The molecule has 0 bridgehead atoms. The highest BCUT2D eigenvalue weighted by atomic mass is 16.4. The fraction of sp³-hybridized carbons (Fsp3) is 0.769. The summed E-state index contributed by atoms with van der Waals surface area (Å²) in [4.78, 5) is 36.1. The van der Waals surface area contributed by atoms with E-state index in [1.54, 1.807) is 0 Å². The van der Waals surface area contributed by atoms with Crippen LogP contribution in [0.3, 0.4) is 0 Å². The van der Waals surface area contributed by atoms with Crippen LogP contribution in [-0.2, 0) is 9.59 Å². The maximum Gasteiger partial charge on any atom is 0.312 e. The lowest BCUT2D eigenvalue weighted by atomic mass is 9.98. The number of carboxylic acid groups (broad SMARTS) is 1. The van der Waals surface area contributed by atoms with Crippen molar-refractivity contribution in [2.75, 3.05) is 13.1 Å². The summed E-state index contributed by atoms with van der Waals surface area (Å²) in [7, 11) is 0.